The summed E-state index contributed by atoms with van der Waals surface area (Å²) in [5.74, 6) is 0.618. The molecule has 11 rings (SSSR count). The van der Waals surface area contributed by atoms with Crippen molar-refractivity contribution >= 4 is 65.4 Å². The Morgan fingerprint density at radius 1 is 0.400 bits per heavy atom. The van der Waals surface area contributed by atoms with Crippen LogP contribution >= 0.6 is 0 Å². The molecule has 11 aromatic rings. The number of fused-ring (bicyclic) bond motifs is 6. The summed E-state index contributed by atoms with van der Waals surface area (Å²) < 4.78 is 8.89. The number of benzene rings is 8. The molecule has 0 radical (unpaired) electrons. The van der Waals surface area contributed by atoms with Gasteiger partial charge in [0, 0.05) is 21.7 Å². The summed E-state index contributed by atoms with van der Waals surface area (Å²) in [7, 11) is 0. The van der Waals surface area contributed by atoms with Crippen LogP contribution in [0.1, 0.15) is 0 Å². The molecular weight excluding hydrogens is 611 g/mol. The summed E-state index contributed by atoms with van der Waals surface area (Å²) in [4.78, 5) is 10.8. The summed E-state index contributed by atoms with van der Waals surface area (Å²) in [6.07, 6.45) is 0. The fourth-order valence-corrected chi connectivity index (χ4v) is 7.91. The second kappa shape index (κ2) is 10.4. The van der Waals surface area contributed by atoms with Crippen molar-refractivity contribution in [1.29, 1.82) is 0 Å². The zero-order valence-electron chi connectivity index (χ0n) is 26.8. The summed E-state index contributed by atoms with van der Waals surface area (Å²) in [6.45, 7) is 0. The van der Waals surface area contributed by atoms with E-state index in [2.05, 4.69) is 156 Å². The van der Waals surface area contributed by atoms with E-state index in [9.17, 15) is 0 Å². The molecule has 0 spiro atoms. The molecule has 0 amide bonds. The van der Waals surface area contributed by atoms with Crippen molar-refractivity contribution in [2.75, 3.05) is 0 Å². The Labute approximate surface area is 286 Å². The molecule has 4 heteroatoms. The Bertz CT molecular complexity index is 2980. The molecule has 0 N–H and O–H groups in total. The lowest BCUT2D eigenvalue weighted by Crippen LogP contribution is -2.02. The van der Waals surface area contributed by atoms with Crippen LogP contribution in [0.25, 0.3) is 105 Å². The lowest BCUT2D eigenvalue weighted by molar-refractivity contribution is 0.666. The monoisotopic (exact) mass is 637 g/mol. The number of furan rings is 1. The molecule has 3 heterocycles. The van der Waals surface area contributed by atoms with Gasteiger partial charge in [-0.15, -0.1) is 0 Å². The van der Waals surface area contributed by atoms with Crippen molar-refractivity contribution in [2.24, 2.45) is 0 Å². The van der Waals surface area contributed by atoms with Gasteiger partial charge in [0.1, 0.15) is 16.8 Å². The van der Waals surface area contributed by atoms with E-state index in [0.717, 1.165) is 55.5 Å². The Hall–Kier alpha value is -6.78. The van der Waals surface area contributed by atoms with E-state index >= 15 is 0 Å². The fraction of sp³-hybridized carbons (Fsp3) is 0. The van der Waals surface area contributed by atoms with Gasteiger partial charge in [0.15, 0.2) is 5.58 Å². The van der Waals surface area contributed by atoms with E-state index in [1.54, 1.807) is 0 Å². The smallest absolute Gasteiger partial charge is 0.236 e. The largest absolute Gasteiger partial charge is 0.452 e. The fourth-order valence-electron chi connectivity index (χ4n) is 7.91. The average Bonchev–Trinajstić information content (AvgIpc) is 3.74. The average molecular weight is 638 g/mol. The van der Waals surface area contributed by atoms with Gasteiger partial charge in [-0.3, -0.25) is 4.57 Å². The second-order valence-corrected chi connectivity index (χ2v) is 13.0. The van der Waals surface area contributed by atoms with Crippen molar-refractivity contribution < 1.29 is 4.42 Å². The SMILES string of the molecule is c1ccc(-c2ccc(-c3nc(-n4c5cccc6c7ccccc7c7cccc4c7c65)nc4c3oc3ccc(-c5ccccc5)cc34)cc2)cc1. The maximum Gasteiger partial charge on any atom is 0.236 e. The van der Waals surface area contributed by atoms with Crippen molar-refractivity contribution in [3.63, 3.8) is 0 Å². The minimum atomic E-state index is 0.618. The molecule has 0 saturated heterocycles. The summed E-state index contributed by atoms with van der Waals surface area (Å²) >= 11 is 0. The van der Waals surface area contributed by atoms with Crippen molar-refractivity contribution in [1.82, 2.24) is 14.5 Å². The number of rotatable bonds is 4. The lowest BCUT2D eigenvalue weighted by Gasteiger charge is -2.10. The molecule has 8 aromatic carbocycles. The van der Waals surface area contributed by atoms with E-state index in [1.165, 1.54) is 37.9 Å². The van der Waals surface area contributed by atoms with E-state index in [4.69, 9.17) is 14.4 Å². The van der Waals surface area contributed by atoms with E-state index < -0.39 is 0 Å². The van der Waals surface area contributed by atoms with Gasteiger partial charge in [-0.2, -0.15) is 0 Å². The van der Waals surface area contributed by atoms with Gasteiger partial charge in [0.05, 0.1) is 11.0 Å². The molecule has 50 heavy (non-hydrogen) atoms. The standard InChI is InChI=1S/C46H27N3O/c1-3-11-28(12-4-1)30-21-23-31(24-22-30)43-45-44(37-27-32(25-26-40(37)50-45)29-13-5-2-6-14-29)48-46(47-43)49-38-19-9-17-35-33-15-7-8-16-34(33)36-18-10-20-39(49)42(36)41(35)38/h1-27H. The molecule has 0 saturated carbocycles. The first-order valence-corrected chi connectivity index (χ1v) is 16.9. The normalized spacial score (nSPS) is 12.0. The van der Waals surface area contributed by atoms with Crippen LogP contribution < -0.4 is 0 Å². The van der Waals surface area contributed by atoms with Gasteiger partial charge in [0.2, 0.25) is 5.95 Å². The predicted molar refractivity (Wildman–Crippen MR) is 206 cm³/mol. The first kappa shape index (κ1) is 27.2. The zero-order valence-corrected chi connectivity index (χ0v) is 26.8. The van der Waals surface area contributed by atoms with Gasteiger partial charge in [-0.05, 0) is 68.1 Å². The van der Waals surface area contributed by atoms with Gasteiger partial charge in [-0.25, -0.2) is 9.97 Å². The molecule has 0 aliphatic heterocycles. The van der Waals surface area contributed by atoms with Crippen LogP contribution in [0.5, 0.6) is 0 Å². The number of hydrogen-bond acceptors (Lipinski definition) is 3. The summed E-state index contributed by atoms with van der Waals surface area (Å²) in [5.41, 5.74) is 10.8. The highest BCUT2D eigenvalue weighted by atomic mass is 16.3. The van der Waals surface area contributed by atoms with Crippen LogP contribution in [0, 0.1) is 0 Å². The van der Waals surface area contributed by atoms with Crippen LogP contribution in [-0.2, 0) is 0 Å². The van der Waals surface area contributed by atoms with Gasteiger partial charge in [0.25, 0.3) is 0 Å². The highest BCUT2D eigenvalue weighted by molar-refractivity contribution is 6.34. The lowest BCUT2D eigenvalue weighted by atomic mass is 9.95. The topological polar surface area (TPSA) is 43.9 Å². The molecule has 232 valence electrons. The summed E-state index contributed by atoms with van der Waals surface area (Å²) in [5, 5.41) is 8.40. The van der Waals surface area contributed by atoms with E-state index in [1.807, 2.05) is 12.1 Å². The highest BCUT2D eigenvalue weighted by Gasteiger charge is 2.24. The van der Waals surface area contributed by atoms with Crippen molar-refractivity contribution in [3.05, 3.63) is 164 Å². The molecular formula is C46H27N3O. The molecule has 0 aliphatic carbocycles. The zero-order chi connectivity index (χ0) is 32.8. The van der Waals surface area contributed by atoms with Gasteiger partial charge in [-0.1, -0.05) is 140 Å². The predicted octanol–water partition coefficient (Wildman–Crippen LogP) is 12.2. The maximum absolute atomic E-state index is 6.65. The third-order valence-corrected chi connectivity index (χ3v) is 10.2. The third kappa shape index (κ3) is 3.87. The van der Waals surface area contributed by atoms with Crippen molar-refractivity contribution in [2.45, 2.75) is 0 Å². The first-order valence-electron chi connectivity index (χ1n) is 16.9. The summed E-state index contributed by atoms with van der Waals surface area (Å²) in [6, 6.07) is 57.7. The van der Waals surface area contributed by atoms with Crippen LogP contribution in [0.4, 0.5) is 0 Å². The van der Waals surface area contributed by atoms with Crippen LogP contribution in [0.15, 0.2) is 168 Å². The van der Waals surface area contributed by atoms with Crippen molar-refractivity contribution in [3.8, 4) is 39.5 Å². The molecule has 0 fully saturated rings. The minimum Gasteiger partial charge on any atom is -0.452 e. The number of nitrogens with zero attached hydrogens (tertiary/aromatic N) is 3. The highest BCUT2D eigenvalue weighted by Crippen LogP contribution is 2.44. The second-order valence-electron chi connectivity index (χ2n) is 13.0. The maximum atomic E-state index is 6.65. The Morgan fingerprint density at radius 3 is 1.56 bits per heavy atom. The molecule has 0 bridgehead atoms. The molecule has 0 atom stereocenters. The van der Waals surface area contributed by atoms with E-state index in [-0.39, 0.29) is 0 Å². The van der Waals surface area contributed by atoms with Crippen LogP contribution in [0.2, 0.25) is 0 Å². The molecule has 4 nitrogen and oxygen atoms in total. The third-order valence-electron chi connectivity index (χ3n) is 10.2. The minimum absolute atomic E-state index is 0.618. The van der Waals surface area contributed by atoms with Gasteiger partial charge >= 0.3 is 0 Å². The van der Waals surface area contributed by atoms with Crippen LogP contribution in [0.3, 0.4) is 0 Å². The molecule has 3 aromatic heterocycles. The molecule has 0 aliphatic rings. The Kier molecular flexibility index (Phi) is 5.63. The quantitative estimate of drug-likeness (QED) is 0.180. The van der Waals surface area contributed by atoms with Crippen LogP contribution in [-0.4, -0.2) is 14.5 Å². The van der Waals surface area contributed by atoms with Gasteiger partial charge < -0.3 is 4.42 Å². The number of aromatic nitrogens is 3. The van der Waals surface area contributed by atoms with E-state index in [0.29, 0.717) is 11.5 Å². The number of hydrogen-bond donors (Lipinski definition) is 0. The Morgan fingerprint density at radius 2 is 0.920 bits per heavy atom. The Balaban J connectivity index is 1.23. The first-order chi connectivity index (χ1) is 24.8. The molecule has 0 unspecified atom stereocenters.